The van der Waals surface area contributed by atoms with Gasteiger partial charge in [0.25, 0.3) is 5.92 Å². The number of likely N-dealkylation sites (tertiary alicyclic amines) is 1. The molecule has 3 N–H and O–H groups in total. The van der Waals surface area contributed by atoms with E-state index in [1.807, 2.05) is 18.2 Å². The van der Waals surface area contributed by atoms with Crippen molar-refractivity contribution in [3.8, 4) is 28.8 Å². The Morgan fingerprint density at radius 3 is 2.68 bits per heavy atom. The van der Waals surface area contributed by atoms with E-state index in [4.69, 9.17) is 10.7 Å². The summed E-state index contributed by atoms with van der Waals surface area (Å²) in [6.07, 6.45) is 4.63. The Kier molecular flexibility index (Phi) is 7.11. The van der Waals surface area contributed by atoms with Gasteiger partial charge in [-0.1, -0.05) is 24.5 Å². The fourth-order valence-electron chi connectivity index (χ4n) is 6.19. The third-order valence-electron chi connectivity index (χ3n) is 8.75. The molecule has 2 aromatic heterocycles. The molecule has 41 heavy (non-hydrogen) atoms. The van der Waals surface area contributed by atoms with E-state index in [-0.39, 0.29) is 24.9 Å². The number of aromatic nitrogens is 4. The second kappa shape index (κ2) is 10.7. The number of hydrogen-bond acceptors (Lipinski definition) is 9. The molecule has 1 atom stereocenters. The van der Waals surface area contributed by atoms with Gasteiger partial charge in [0, 0.05) is 49.4 Å². The largest absolute Gasteiger partial charge is 0.507 e. The number of hydrogen-bond donors (Lipinski definition) is 2. The van der Waals surface area contributed by atoms with E-state index in [9.17, 15) is 13.9 Å². The molecule has 0 unspecified atom stereocenters. The molecule has 3 aromatic rings. The lowest BCUT2D eigenvalue weighted by atomic mass is 9.66. The zero-order valence-electron chi connectivity index (χ0n) is 23.1. The highest BCUT2D eigenvalue weighted by Crippen LogP contribution is 2.56. The minimum atomic E-state index is -2.64. The molecule has 0 bridgehead atoms. The van der Waals surface area contributed by atoms with Gasteiger partial charge in [-0.3, -0.25) is 4.90 Å². The van der Waals surface area contributed by atoms with E-state index in [2.05, 4.69) is 43.7 Å². The molecule has 214 valence electrons. The summed E-state index contributed by atoms with van der Waals surface area (Å²) in [5.74, 6) is 5.01. The summed E-state index contributed by atoms with van der Waals surface area (Å²) >= 11 is 0. The number of phenols is 1. The lowest BCUT2D eigenvalue weighted by Crippen LogP contribution is -2.45. The van der Waals surface area contributed by atoms with E-state index >= 15 is 0 Å². The second-order valence-electron chi connectivity index (χ2n) is 11.4. The number of aromatic hydroxyl groups is 1. The van der Waals surface area contributed by atoms with Crippen LogP contribution >= 0.6 is 0 Å². The summed E-state index contributed by atoms with van der Waals surface area (Å²) < 4.78 is 29.0. The molecule has 1 aliphatic carbocycles. The van der Waals surface area contributed by atoms with Crippen LogP contribution in [0.3, 0.4) is 0 Å². The Hall–Kier alpha value is -4.04. The van der Waals surface area contributed by atoms with E-state index in [1.165, 1.54) is 0 Å². The van der Waals surface area contributed by atoms with Gasteiger partial charge in [0.15, 0.2) is 5.82 Å². The van der Waals surface area contributed by atoms with Crippen LogP contribution in [0.1, 0.15) is 38.4 Å². The smallest absolute Gasteiger partial charge is 0.267 e. The number of nitrogens with two attached hydrogens (primary N) is 1. The summed E-state index contributed by atoms with van der Waals surface area (Å²) in [6.45, 7) is 4.73. The topological polar surface area (TPSA) is 108 Å². The lowest BCUT2D eigenvalue weighted by Gasteiger charge is -2.42. The molecule has 2 saturated heterocycles. The highest BCUT2D eigenvalue weighted by atomic mass is 19.3. The van der Waals surface area contributed by atoms with Crippen molar-refractivity contribution in [3.05, 3.63) is 48.4 Å². The number of benzene rings is 1. The van der Waals surface area contributed by atoms with Crippen LogP contribution in [0.4, 0.5) is 26.1 Å². The average molecular weight is 561 g/mol. The molecule has 4 heterocycles. The van der Waals surface area contributed by atoms with Crippen LogP contribution in [0.2, 0.25) is 0 Å². The van der Waals surface area contributed by atoms with Crippen LogP contribution in [0.25, 0.3) is 11.3 Å². The molecular weight excluding hydrogens is 526 g/mol. The van der Waals surface area contributed by atoms with Crippen molar-refractivity contribution in [2.24, 2.45) is 5.41 Å². The van der Waals surface area contributed by atoms with Crippen LogP contribution in [0, 0.1) is 17.3 Å². The van der Waals surface area contributed by atoms with E-state index in [0.29, 0.717) is 55.4 Å². The highest BCUT2D eigenvalue weighted by molar-refractivity contribution is 5.74. The molecule has 3 fully saturated rings. The molecular formula is C30H34F2N8O. The Morgan fingerprint density at radius 1 is 1.10 bits per heavy atom. The molecule has 6 rings (SSSR count). The first-order valence-corrected chi connectivity index (χ1v) is 14.1. The van der Waals surface area contributed by atoms with Crippen molar-refractivity contribution in [1.82, 2.24) is 25.1 Å². The molecule has 0 amide bonds. The summed E-state index contributed by atoms with van der Waals surface area (Å²) in [5, 5.41) is 18.7. The summed E-state index contributed by atoms with van der Waals surface area (Å²) in [6, 6.07) is 11.0. The van der Waals surface area contributed by atoms with Gasteiger partial charge in [-0.25, -0.2) is 18.7 Å². The number of phenolic OH excluding ortho intramolecular Hbond substituents is 1. The predicted octanol–water partition coefficient (Wildman–Crippen LogP) is 3.80. The number of nitrogen functional groups attached to an aromatic ring is 1. The first kappa shape index (κ1) is 27.1. The number of anilines is 3. The van der Waals surface area contributed by atoms with Crippen molar-refractivity contribution in [3.63, 3.8) is 0 Å². The SMILES string of the molecule is C[C@@H]1CCN(c2cc(-c3ccccc3O)nnc2N)CCN1c1ccnc(C#CCN2CC(F)(F)C3(CCC3)C2)n1. The molecule has 1 aromatic carbocycles. The highest BCUT2D eigenvalue weighted by Gasteiger charge is 2.62. The Labute approximate surface area is 238 Å². The Bertz CT molecular complexity index is 1480. The van der Waals surface area contributed by atoms with Crippen molar-refractivity contribution in [2.45, 2.75) is 44.6 Å². The fraction of sp³-hybridized carbons (Fsp3) is 0.467. The van der Waals surface area contributed by atoms with Crippen LogP contribution in [0.15, 0.2) is 42.6 Å². The number of nitrogens with zero attached hydrogens (tertiary/aromatic N) is 7. The van der Waals surface area contributed by atoms with Gasteiger partial charge in [-0.15, -0.1) is 10.2 Å². The Balaban J connectivity index is 1.14. The van der Waals surface area contributed by atoms with Gasteiger partial charge >= 0.3 is 0 Å². The molecule has 1 spiro atoms. The lowest BCUT2D eigenvalue weighted by molar-refractivity contribution is -0.122. The number of para-hydroxylation sites is 1. The Morgan fingerprint density at radius 2 is 1.93 bits per heavy atom. The number of halogens is 2. The van der Waals surface area contributed by atoms with Crippen LogP contribution < -0.4 is 15.5 Å². The van der Waals surface area contributed by atoms with Crippen molar-refractivity contribution in [1.29, 1.82) is 0 Å². The van der Waals surface area contributed by atoms with Crippen LogP contribution in [-0.4, -0.2) is 81.4 Å². The zero-order valence-corrected chi connectivity index (χ0v) is 23.1. The van der Waals surface area contributed by atoms with E-state index in [0.717, 1.165) is 30.9 Å². The fourth-order valence-corrected chi connectivity index (χ4v) is 6.19. The van der Waals surface area contributed by atoms with Gasteiger partial charge < -0.3 is 20.6 Å². The maximum Gasteiger partial charge on any atom is 0.267 e. The molecule has 1 saturated carbocycles. The first-order valence-electron chi connectivity index (χ1n) is 14.1. The predicted molar refractivity (Wildman–Crippen MR) is 154 cm³/mol. The van der Waals surface area contributed by atoms with Gasteiger partial charge in [0.05, 0.1) is 24.5 Å². The average Bonchev–Trinajstić information content (AvgIpc) is 3.07. The van der Waals surface area contributed by atoms with E-state index in [1.54, 1.807) is 29.3 Å². The molecule has 11 heteroatoms. The summed E-state index contributed by atoms with van der Waals surface area (Å²) in [7, 11) is 0. The number of alkyl halides is 2. The van der Waals surface area contributed by atoms with Crippen molar-refractivity contribution in [2.75, 3.05) is 54.8 Å². The van der Waals surface area contributed by atoms with Crippen LogP contribution in [-0.2, 0) is 0 Å². The second-order valence-corrected chi connectivity index (χ2v) is 11.4. The normalized spacial score (nSPS) is 21.7. The van der Waals surface area contributed by atoms with Crippen molar-refractivity contribution >= 4 is 17.3 Å². The monoisotopic (exact) mass is 560 g/mol. The summed E-state index contributed by atoms with van der Waals surface area (Å²) in [4.78, 5) is 15.2. The molecule has 0 radical (unpaired) electrons. The van der Waals surface area contributed by atoms with Gasteiger partial charge in [0.1, 0.15) is 11.6 Å². The van der Waals surface area contributed by atoms with Gasteiger partial charge in [-0.2, -0.15) is 0 Å². The first-order chi connectivity index (χ1) is 19.7. The molecule has 3 aliphatic rings. The van der Waals surface area contributed by atoms with E-state index < -0.39 is 11.3 Å². The zero-order chi connectivity index (χ0) is 28.6. The van der Waals surface area contributed by atoms with Gasteiger partial charge in [0.2, 0.25) is 5.82 Å². The maximum atomic E-state index is 14.5. The third kappa shape index (κ3) is 5.24. The van der Waals surface area contributed by atoms with Crippen molar-refractivity contribution < 1.29 is 13.9 Å². The standard InChI is InChI=1S/C30H34F2N8O/c1-21-10-15-39(24-18-23(36-37-28(24)33)22-6-2-3-7-25(22)41)16-17-40(21)27-9-13-34-26(35-27)8-4-14-38-19-29(11-5-12-29)30(31,32)20-38/h2-3,6-7,9,13,18,21,41H,5,10-12,14-17,19-20H2,1H3,(H2,33,37)/t21-/m1/s1. The van der Waals surface area contributed by atoms with Crippen LogP contribution in [0.5, 0.6) is 5.75 Å². The summed E-state index contributed by atoms with van der Waals surface area (Å²) in [5.41, 5.74) is 7.34. The quantitative estimate of drug-likeness (QED) is 0.461. The molecule has 2 aliphatic heterocycles. The third-order valence-corrected chi connectivity index (χ3v) is 8.75. The minimum Gasteiger partial charge on any atom is -0.507 e. The molecule has 9 nitrogen and oxygen atoms in total. The maximum absolute atomic E-state index is 14.5. The number of rotatable bonds is 4. The minimum absolute atomic E-state index is 0.136. The van der Waals surface area contributed by atoms with Gasteiger partial charge in [-0.05, 0) is 56.4 Å².